The Labute approximate surface area is 126 Å². The summed E-state index contributed by atoms with van der Waals surface area (Å²) in [6.45, 7) is 2.88. The van der Waals surface area contributed by atoms with E-state index in [0.29, 0.717) is 11.1 Å². The van der Waals surface area contributed by atoms with Crippen molar-refractivity contribution in [1.29, 1.82) is 0 Å². The van der Waals surface area contributed by atoms with Gasteiger partial charge in [-0.3, -0.25) is 0 Å². The van der Waals surface area contributed by atoms with Crippen molar-refractivity contribution in [1.82, 2.24) is 9.97 Å². The Morgan fingerprint density at radius 3 is 2.72 bits per heavy atom. The van der Waals surface area contributed by atoms with Crippen LogP contribution in [0.25, 0.3) is 0 Å². The van der Waals surface area contributed by atoms with Gasteiger partial charge in [-0.15, -0.1) is 0 Å². The van der Waals surface area contributed by atoms with Crippen molar-refractivity contribution in [2.24, 2.45) is 0 Å². The lowest BCUT2D eigenvalue weighted by molar-refractivity contribution is -0.0761. The summed E-state index contributed by atoms with van der Waals surface area (Å²) in [7, 11) is 0. The Kier molecular flexibility index (Phi) is 3.53. The average molecular weight is 379 g/mol. The molecule has 2 aliphatic rings. The zero-order chi connectivity index (χ0) is 12.8. The van der Waals surface area contributed by atoms with Gasteiger partial charge in [-0.05, 0) is 61.6 Å². The van der Waals surface area contributed by atoms with Gasteiger partial charge in [0.15, 0.2) is 5.82 Å². The lowest BCUT2D eigenvalue weighted by Gasteiger charge is -2.32. The van der Waals surface area contributed by atoms with Crippen LogP contribution in [0.3, 0.4) is 0 Å². The van der Waals surface area contributed by atoms with E-state index in [1.807, 2.05) is 0 Å². The summed E-state index contributed by atoms with van der Waals surface area (Å²) < 4.78 is 6.93. The van der Waals surface area contributed by atoms with Crippen molar-refractivity contribution >= 4 is 34.2 Å². The highest BCUT2D eigenvalue weighted by Crippen LogP contribution is 2.43. The van der Waals surface area contributed by atoms with E-state index >= 15 is 0 Å². The number of rotatable bonds is 2. The number of ether oxygens (including phenoxy) is 1. The van der Waals surface area contributed by atoms with Gasteiger partial charge in [-0.1, -0.05) is 11.6 Å². The molecule has 2 fully saturated rings. The molecule has 0 bridgehead atoms. The first-order chi connectivity index (χ1) is 8.60. The Bertz CT molecular complexity index is 470. The SMILES string of the molecule is CC1(c2nc(Cl)c(I)c(C3CC3)n2)CCCCO1. The first-order valence-corrected chi connectivity index (χ1v) is 7.93. The van der Waals surface area contributed by atoms with Gasteiger partial charge in [0.05, 0.1) is 9.26 Å². The molecule has 1 aromatic heterocycles. The molecule has 1 saturated carbocycles. The van der Waals surface area contributed by atoms with Crippen LogP contribution >= 0.6 is 34.2 Å². The molecule has 1 aromatic rings. The fraction of sp³-hybridized carbons (Fsp3) is 0.692. The van der Waals surface area contributed by atoms with Crippen molar-refractivity contribution < 1.29 is 4.74 Å². The third-order valence-corrected chi connectivity index (χ3v) is 5.40. The maximum Gasteiger partial charge on any atom is 0.162 e. The zero-order valence-electron chi connectivity index (χ0n) is 10.4. The number of nitrogens with zero attached hydrogens (tertiary/aromatic N) is 2. The number of halogens is 2. The number of hydrogen-bond donors (Lipinski definition) is 0. The summed E-state index contributed by atoms with van der Waals surface area (Å²) in [5.41, 5.74) is 0.775. The fourth-order valence-electron chi connectivity index (χ4n) is 2.41. The zero-order valence-corrected chi connectivity index (χ0v) is 13.3. The Morgan fingerprint density at radius 1 is 1.33 bits per heavy atom. The topological polar surface area (TPSA) is 35.0 Å². The smallest absolute Gasteiger partial charge is 0.162 e. The maximum absolute atomic E-state index is 6.26. The molecular formula is C13H16ClIN2O. The van der Waals surface area contributed by atoms with Crippen molar-refractivity contribution in [3.8, 4) is 0 Å². The van der Waals surface area contributed by atoms with Crippen LogP contribution in [-0.2, 0) is 10.3 Å². The highest BCUT2D eigenvalue weighted by atomic mass is 127. The van der Waals surface area contributed by atoms with E-state index in [-0.39, 0.29) is 5.60 Å². The van der Waals surface area contributed by atoms with E-state index in [4.69, 9.17) is 21.3 Å². The van der Waals surface area contributed by atoms with Crippen LogP contribution in [0.5, 0.6) is 0 Å². The second kappa shape index (κ2) is 4.87. The van der Waals surface area contributed by atoms with Crippen LogP contribution in [0.15, 0.2) is 0 Å². The van der Waals surface area contributed by atoms with Crippen LogP contribution in [0.2, 0.25) is 5.15 Å². The molecule has 5 heteroatoms. The van der Waals surface area contributed by atoms with Crippen LogP contribution in [0, 0.1) is 3.57 Å². The molecule has 3 nitrogen and oxygen atoms in total. The highest BCUT2D eigenvalue weighted by molar-refractivity contribution is 14.1. The summed E-state index contributed by atoms with van der Waals surface area (Å²) >= 11 is 8.51. The van der Waals surface area contributed by atoms with E-state index < -0.39 is 0 Å². The molecule has 1 aliphatic carbocycles. The fourth-order valence-corrected chi connectivity index (χ4v) is 3.27. The second-order valence-electron chi connectivity index (χ2n) is 5.35. The molecule has 2 heterocycles. The number of aromatic nitrogens is 2. The van der Waals surface area contributed by atoms with Gasteiger partial charge in [0.25, 0.3) is 0 Å². The van der Waals surface area contributed by atoms with E-state index in [1.54, 1.807) is 0 Å². The maximum atomic E-state index is 6.26. The van der Waals surface area contributed by atoms with E-state index in [0.717, 1.165) is 34.5 Å². The average Bonchev–Trinajstić information content (AvgIpc) is 3.17. The lowest BCUT2D eigenvalue weighted by atomic mass is 9.95. The number of hydrogen-bond acceptors (Lipinski definition) is 3. The van der Waals surface area contributed by atoms with Crippen LogP contribution < -0.4 is 0 Å². The summed E-state index contributed by atoms with van der Waals surface area (Å²) in [5.74, 6) is 1.36. The van der Waals surface area contributed by atoms with Crippen molar-refractivity contribution in [3.63, 3.8) is 0 Å². The van der Waals surface area contributed by atoms with E-state index in [2.05, 4.69) is 34.5 Å². The minimum atomic E-state index is -0.351. The summed E-state index contributed by atoms with van der Waals surface area (Å²) in [4.78, 5) is 9.22. The molecule has 98 valence electrons. The first-order valence-electron chi connectivity index (χ1n) is 6.47. The summed E-state index contributed by atoms with van der Waals surface area (Å²) in [5, 5.41) is 0.581. The molecule has 1 atom stereocenters. The van der Waals surface area contributed by atoms with Crippen molar-refractivity contribution in [2.45, 2.75) is 50.5 Å². The Balaban J connectivity index is 2.01. The van der Waals surface area contributed by atoms with E-state index in [9.17, 15) is 0 Å². The normalized spacial score (nSPS) is 28.4. The highest BCUT2D eigenvalue weighted by Gasteiger charge is 2.36. The minimum absolute atomic E-state index is 0.351. The van der Waals surface area contributed by atoms with Crippen LogP contribution in [0.1, 0.15) is 56.5 Å². The summed E-state index contributed by atoms with van der Waals surface area (Å²) in [6, 6.07) is 0. The largest absolute Gasteiger partial charge is 0.367 e. The molecule has 0 amide bonds. The molecule has 0 aromatic carbocycles. The molecule has 0 spiro atoms. The van der Waals surface area contributed by atoms with Crippen LogP contribution in [-0.4, -0.2) is 16.6 Å². The molecule has 0 radical (unpaired) electrons. The van der Waals surface area contributed by atoms with Crippen molar-refractivity contribution in [2.75, 3.05) is 6.61 Å². The molecule has 1 aliphatic heterocycles. The predicted molar refractivity (Wildman–Crippen MR) is 78.9 cm³/mol. The van der Waals surface area contributed by atoms with Gasteiger partial charge in [0.2, 0.25) is 0 Å². The molecule has 0 N–H and O–H groups in total. The molecular weight excluding hydrogens is 363 g/mol. The summed E-state index contributed by atoms with van der Waals surface area (Å²) in [6.07, 6.45) is 5.72. The van der Waals surface area contributed by atoms with Gasteiger partial charge < -0.3 is 4.74 Å². The van der Waals surface area contributed by atoms with Gasteiger partial charge in [0, 0.05) is 12.5 Å². The van der Waals surface area contributed by atoms with Crippen LogP contribution in [0.4, 0.5) is 0 Å². The monoisotopic (exact) mass is 378 g/mol. The Hall–Kier alpha value is 0.0600. The minimum Gasteiger partial charge on any atom is -0.367 e. The lowest BCUT2D eigenvalue weighted by Crippen LogP contribution is -2.32. The van der Waals surface area contributed by atoms with Gasteiger partial charge >= 0.3 is 0 Å². The van der Waals surface area contributed by atoms with E-state index in [1.165, 1.54) is 19.3 Å². The quantitative estimate of drug-likeness (QED) is 0.576. The molecule has 1 unspecified atom stereocenters. The third-order valence-electron chi connectivity index (χ3n) is 3.74. The van der Waals surface area contributed by atoms with Gasteiger partial charge in [-0.2, -0.15) is 0 Å². The molecule has 3 rings (SSSR count). The standard InChI is InChI=1S/C13H16ClIN2O/c1-13(6-2-3-7-18-13)12-16-10(8-4-5-8)9(15)11(14)17-12/h8H,2-7H2,1H3. The third kappa shape index (κ3) is 2.39. The second-order valence-corrected chi connectivity index (χ2v) is 6.78. The first kappa shape index (κ1) is 13.1. The van der Waals surface area contributed by atoms with Gasteiger partial charge in [0.1, 0.15) is 10.8 Å². The van der Waals surface area contributed by atoms with Gasteiger partial charge in [-0.25, -0.2) is 9.97 Å². The Morgan fingerprint density at radius 2 is 2.11 bits per heavy atom. The molecule has 1 saturated heterocycles. The predicted octanol–water partition coefficient (Wildman–Crippen LogP) is 4.03. The van der Waals surface area contributed by atoms with Crippen molar-refractivity contribution in [3.05, 3.63) is 20.2 Å². The molecule has 18 heavy (non-hydrogen) atoms.